The summed E-state index contributed by atoms with van der Waals surface area (Å²) in [5.41, 5.74) is 0.959. The number of aromatic nitrogens is 2. The van der Waals surface area contributed by atoms with Crippen LogP contribution in [0.25, 0.3) is 0 Å². The molecule has 0 saturated heterocycles. The molecule has 1 aromatic rings. The second kappa shape index (κ2) is 5.29. The maximum absolute atomic E-state index is 11.0. The van der Waals surface area contributed by atoms with Gasteiger partial charge < -0.3 is 10.1 Å². The van der Waals surface area contributed by atoms with Crippen molar-refractivity contribution in [2.45, 2.75) is 26.7 Å². The molecule has 82 valence electrons. The summed E-state index contributed by atoms with van der Waals surface area (Å²) >= 11 is 0. The fraction of sp³-hybridized carbons (Fsp3) is 0.500. The first-order chi connectivity index (χ1) is 7.29. The normalized spacial score (nSPS) is 13.1. The molecule has 0 aromatic carbocycles. The molecule has 0 radical (unpaired) electrons. The number of amides is 1. The van der Waals surface area contributed by atoms with Gasteiger partial charge in [0.25, 0.3) is 0 Å². The number of anilines is 1. The highest BCUT2D eigenvalue weighted by Gasteiger charge is 2.16. The van der Waals surface area contributed by atoms with Crippen molar-refractivity contribution in [1.82, 2.24) is 9.97 Å². The first-order valence-electron chi connectivity index (χ1n) is 4.99. The molecule has 0 saturated carbocycles. The van der Waals surface area contributed by atoms with E-state index in [1.54, 1.807) is 6.20 Å². The van der Waals surface area contributed by atoms with Gasteiger partial charge >= 0.3 is 6.01 Å². The summed E-state index contributed by atoms with van der Waals surface area (Å²) in [6.45, 7) is 4.00. The molecule has 5 heteroatoms. The Hall–Kier alpha value is -1.65. The highest BCUT2D eigenvalue weighted by molar-refractivity contribution is 5.92. The van der Waals surface area contributed by atoms with Gasteiger partial charge in [-0.25, -0.2) is 4.98 Å². The number of nitrogens with zero attached hydrogens (tertiary/aromatic N) is 2. The third-order valence-electron chi connectivity index (χ3n) is 1.90. The summed E-state index contributed by atoms with van der Waals surface area (Å²) in [5, 5.41) is 2.66. The van der Waals surface area contributed by atoms with Crippen LogP contribution in [-0.4, -0.2) is 23.0 Å². The molecule has 0 spiro atoms. The molecule has 1 N–H and O–H groups in total. The van der Waals surface area contributed by atoms with E-state index in [1.807, 2.05) is 13.8 Å². The van der Waals surface area contributed by atoms with Gasteiger partial charge in [0.2, 0.25) is 5.91 Å². The molecule has 0 unspecified atom stereocenters. The first kappa shape index (κ1) is 11.4. The number of hydrogen-bond acceptors (Lipinski definition) is 4. The van der Waals surface area contributed by atoms with Gasteiger partial charge in [-0.1, -0.05) is 13.8 Å². The minimum Gasteiger partial charge on any atom is -0.467 e. The molecule has 1 aliphatic heterocycles. The van der Waals surface area contributed by atoms with Gasteiger partial charge in [-0.3, -0.25) is 4.79 Å². The van der Waals surface area contributed by atoms with E-state index < -0.39 is 0 Å². The summed E-state index contributed by atoms with van der Waals surface area (Å²) in [6, 6.07) is 0.279. The summed E-state index contributed by atoms with van der Waals surface area (Å²) < 4.78 is 4.84. The lowest BCUT2D eigenvalue weighted by molar-refractivity contribution is -0.116. The number of ether oxygens (including phenoxy) is 1. The van der Waals surface area contributed by atoms with E-state index in [-0.39, 0.29) is 11.9 Å². The van der Waals surface area contributed by atoms with Crippen LogP contribution in [-0.2, 0) is 11.2 Å². The lowest BCUT2D eigenvalue weighted by atomic mass is 10.1. The Morgan fingerprint density at radius 3 is 2.80 bits per heavy atom. The van der Waals surface area contributed by atoms with Gasteiger partial charge in [0, 0.05) is 18.2 Å². The molecule has 0 fully saturated rings. The Labute approximate surface area is 88.9 Å². The summed E-state index contributed by atoms with van der Waals surface area (Å²) in [6.07, 6.45) is 2.88. The van der Waals surface area contributed by atoms with Crippen LogP contribution in [0.2, 0.25) is 0 Å². The maximum atomic E-state index is 11.0. The average Bonchev–Trinajstić information content (AvgIpc) is 2.30. The molecular formula is C10H15N3O2. The van der Waals surface area contributed by atoms with E-state index in [1.165, 1.54) is 7.11 Å². The van der Waals surface area contributed by atoms with Crippen molar-refractivity contribution in [1.29, 1.82) is 0 Å². The van der Waals surface area contributed by atoms with Crippen LogP contribution in [0.15, 0.2) is 6.20 Å². The minimum atomic E-state index is -0.00625. The van der Waals surface area contributed by atoms with E-state index in [4.69, 9.17) is 4.74 Å². The Balaban J connectivity index is 0.000000531. The molecule has 1 aromatic heterocycles. The zero-order chi connectivity index (χ0) is 11.3. The largest absolute Gasteiger partial charge is 0.467 e. The molecule has 1 aliphatic rings. The molecular weight excluding hydrogens is 194 g/mol. The van der Waals surface area contributed by atoms with Crippen molar-refractivity contribution >= 4 is 11.7 Å². The Morgan fingerprint density at radius 1 is 1.40 bits per heavy atom. The third-order valence-corrected chi connectivity index (χ3v) is 1.90. The second-order valence-corrected chi connectivity index (χ2v) is 2.78. The second-order valence-electron chi connectivity index (χ2n) is 2.78. The van der Waals surface area contributed by atoms with Crippen LogP contribution in [0.1, 0.15) is 25.8 Å². The van der Waals surface area contributed by atoms with E-state index >= 15 is 0 Å². The summed E-state index contributed by atoms with van der Waals surface area (Å²) in [4.78, 5) is 19.0. The molecule has 0 bridgehead atoms. The van der Waals surface area contributed by atoms with E-state index in [0.29, 0.717) is 18.7 Å². The van der Waals surface area contributed by atoms with Crippen LogP contribution in [0, 0.1) is 0 Å². The highest BCUT2D eigenvalue weighted by Crippen LogP contribution is 2.20. The lowest BCUT2D eigenvalue weighted by Crippen LogP contribution is -2.20. The third kappa shape index (κ3) is 2.65. The van der Waals surface area contributed by atoms with Crippen LogP contribution in [0.5, 0.6) is 6.01 Å². The van der Waals surface area contributed by atoms with Gasteiger partial charge in [-0.15, -0.1) is 0 Å². The predicted molar refractivity (Wildman–Crippen MR) is 56.9 cm³/mol. The SMILES string of the molecule is CC.COc1ncc2c(n1)NC(=O)CC2. The monoisotopic (exact) mass is 209 g/mol. The average molecular weight is 209 g/mol. The zero-order valence-corrected chi connectivity index (χ0v) is 9.20. The number of methoxy groups -OCH3 is 1. The number of carbonyl (C=O) groups excluding carboxylic acids is 1. The van der Waals surface area contributed by atoms with Crippen molar-refractivity contribution in [3.05, 3.63) is 11.8 Å². The molecule has 15 heavy (non-hydrogen) atoms. The Morgan fingerprint density at radius 2 is 2.13 bits per heavy atom. The Bertz CT molecular complexity index is 353. The number of aryl methyl sites for hydroxylation is 1. The molecule has 2 rings (SSSR count). The first-order valence-corrected chi connectivity index (χ1v) is 4.99. The van der Waals surface area contributed by atoms with Crippen molar-refractivity contribution < 1.29 is 9.53 Å². The molecule has 1 amide bonds. The quantitative estimate of drug-likeness (QED) is 0.759. The van der Waals surface area contributed by atoms with Crippen LogP contribution >= 0.6 is 0 Å². The topological polar surface area (TPSA) is 64.1 Å². The Kier molecular flexibility index (Phi) is 4.03. The lowest BCUT2D eigenvalue weighted by Gasteiger charge is -2.14. The van der Waals surface area contributed by atoms with Crippen LogP contribution in [0.3, 0.4) is 0 Å². The van der Waals surface area contributed by atoms with Gasteiger partial charge in [0.1, 0.15) is 5.82 Å². The van der Waals surface area contributed by atoms with Crippen molar-refractivity contribution in [3.8, 4) is 6.01 Å². The van der Waals surface area contributed by atoms with E-state index in [2.05, 4.69) is 15.3 Å². The number of hydrogen-bond donors (Lipinski definition) is 1. The van der Waals surface area contributed by atoms with E-state index in [0.717, 1.165) is 5.56 Å². The molecule has 0 atom stereocenters. The number of rotatable bonds is 1. The number of carbonyl (C=O) groups is 1. The standard InChI is InChI=1S/C8H9N3O2.C2H6/c1-13-8-9-4-5-2-3-6(12)10-7(5)11-8;1-2/h4H,2-3H2,1H3,(H,9,10,11,12);1-2H3. The van der Waals surface area contributed by atoms with Gasteiger partial charge in [-0.05, 0) is 6.42 Å². The maximum Gasteiger partial charge on any atom is 0.318 e. The van der Waals surface area contributed by atoms with Crippen molar-refractivity contribution in [2.75, 3.05) is 12.4 Å². The molecule has 2 heterocycles. The fourth-order valence-corrected chi connectivity index (χ4v) is 1.22. The van der Waals surface area contributed by atoms with Gasteiger partial charge in [-0.2, -0.15) is 4.98 Å². The molecule has 0 aliphatic carbocycles. The number of nitrogens with one attached hydrogen (secondary N) is 1. The van der Waals surface area contributed by atoms with E-state index in [9.17, 15) is 4.79 Å². The molecule has 5 nitrogen and oxygen atoms in total. The van der Waals surface area contributed by atoms with Crippen LogP contribution in [0.4, 0.5) is 5.82 Å². The summed E-state index contributed by atoms with van der Waals surface area (Å²) in [5.74, 6) is 0.566. The number of fused-ring (bicyclic) bond motifs is 1. The van der Waals surface area contributed by atoms with Crippen molar-refractivity contribution in [3.63, 3.8) is 0 Å². The summed E-state index contributed by atoms with van der Waals surface area (Å²) in [7, 11) is 1.49. The van der Waals surface area contributed by atoms with Crippen molar-refractivity contribution in [2.24, 2.45) is 0 Å². The van der Waals surface area contributed by atoms with Gasteiger partial charge in [0.15, 0.2) is 0 Å². The fourth-order valence-electron chi connectivity index (χ4n) is 1.22. The smallest absolute Gasteiger partial charge is 0.318 e. The zero-order valence-electron chi connectivity index (χ0n) is 9.20. The van der Waals surface area contributed by atoms with Crippen LogP contribution < -0.4 is 10.1 Å². The van der Waals surface area contributed by atoms with Gasteiger partial charge in [0.05, 0.1) is 7.11 Å². The predicted octanol–water partition coefficient (Wildman–Crippen LogP) is 1.40. The highest BCUT2D eigenvalue weighted by atomic mass is 16.5. The minimum absolute atomic E-state index is 0.00625.